The minimum Gasteiger partial charge on any atom is -0.493 e. The average Bonchev–Trinajstić information content (AvgIpc) is 2.71. The summed E-state index contributed by atoms with van der Waals surface area (Å²) in [6.07, 6.45) is 1.83. The van der Waals surface area contributed by atoms with E-state index in [0.29, 0.717) is 44.7 Å². The van der Waals surface area contributed by atoms with Gasteiger partial charge in [-0.3, -0.25) is 14.5 Å². The van der Waals surface area contributed by atoms with Crippen molar-refractivity contribution in [1.82, 2.24) is 15.1 Å². The third-order valence-electron chi connectivity index (χ3n) is 5.54. The van der Waals surface area contributed by atoms with Gasteiger partial charge < -0.3 is 15.0 Å². The first-order valence-electron chi connectivity index (χ1n) is 10.9. The van der Waals surface area contributed by atoms with E-state index in [4.69, 9.17) is 4.74 Å². The molecule has 0 atom stereocenters. The summed E-state index contributed by atoms with van der Waals surface area (Å²) in [6, 6.07) is 10.5. The fraction of sp³-hybridized carbons (Fsp3) is 0.652. The van der Waals surface area contributed by atoms with Crippen LogP contribution in [0.4, 0.5) is 0 Å². The molecule has 0 bridgehead atoms. The second kappa shape index (κ2) is 11.8. The van der Waals surface area contributed by atoms with Crippen molar-refractivity contribution in [1.29, 1.82) is 0 Å². The third-order valence-corrected chi connectivity index (χ3v) is 5.54. The second-order valence-corrected chi connectivity index (χ2v) is 8.28. The summed E-state index contributed by atoms with van der Waals surface area (Å²) in [5, 5.41) is 3.09. The Hall–Kier alpha value is -2.08. The Morgan fingerprint density at radius 1 is 1.10 bits per heavy atom. The Kier molecular flexibility index (Phi) is 9.45. The lowest BCUT2D eigenvalue weighted by atomic mass is 9.95. The van der Waals surface area contributed by atoms with Crippen molar-refractivity contribution in [2.45, 2.75) is 59.0 Å². The Labute approximate surface area is 175 Å². The highest BCUT2D eigenvalue weighted by molar-refractivity contribution is 5.80. The van der Waals surface area contributed by atoms with Gasteiger partial charge in [0.05, 0.1) is 13.0 Å². The molecule has 0 spiro atoms. The molecule has 1 saturated heterocycles. The molecule has 1 aromatic carbocycles. The van der Waals surface area contributed by atoms with Crippen molar-refractivity contribution in [2.75, 3.05) is 32.8 Å². The quantitative estimate of drug-likeness (QED) is 0.652. The Morgan fingerprint density at radius 2 is 1.72 bits per heavy atom. The first kappa shape index (κ1) is 23.2. The first-order chi connectivity index (χ1) is 13.9. The predicted octanol–water partition coefficient (Wildman–Crippen LogP) is 2.93. The summed E-state index contributed by atoms with van der Waals surface area (Å²) < 4.78 is 5.61. The summed E-state index contributed by atoms with van der Waals surface area (Å²) in [4.78, 5) is 29.1. The molecule has 1 fully saturated rings. The number of amides is 2. The van der Waals surface area contributed by atoms with E-state index in [9.17, 15) is 9.59 Å². The average molecular weight is 404 g/mol. The molecule has 162 valence electrons. The van der Waals surface area contributed by atoms with Gasteiger partial charge in [0.15, 0.2) is 0 Å². The van der Waals surface area contributed by atoms with Crippen molar-refractivity contribution in [3.8, 4) is 5.75 Å². The number of ether oxygens (including phenoxy) is 1. The van der Waals surface area contributed by atoms with Crippen LogP contribution in [0.15, 0.2) is 30.3 Å². The zero-order valence-electron chi connectivity index (χ0n) is 18.4. The normalized spacial score (nSPS) is 15.2. The molecule has 6 heteroatoms. The van der Waals surface area contributed by atoms with Crippen molar-refractivity contribution >= 4 is 11.8 Å². The second-order valence-electron chi connectivity index (χ2n) is 8.28. The zero-order valence-corrected chi connectivity index (χ0v) is 18.4. The predicted molar refractivity (Wildman–Crippen MR) is 116 cm³/mol. The van der Waals surface area contributed by atoms with E-state index >= 15 is 0 Å². The van der Waals surface area contributed by atoms with Crippen LogP contribution in [0.3, 0.4) is 0 Å². The Morgan fingerprint density at radius 3 is 2.31 bits per heavy atom. The Bertz CT molecular complexity index is 618. The minimum atomic E-state index is 0.00571. The fourth-order valence-electron chi connectivity index (χ4n) is 3.89. The standard InChI is InChI=1S/C23H37N3O3/c1-18(2)26(19(3)4)16-13-24-23(28)20-10-14-25(15-11-20)22(27)12-17-29-21-8-6-5-7-9-21/h5-9,18-20H,10-17H2,1-4H3,(H,24,28). The van der Waals surface area contributed by atoms with Gasteiger partial charge in [-0.1, -0.05) is 18.2 Å². The molecule has 1 aliphatic heterocycles. The molecule has 0 saturated carbocycles. The molecule has 1 heterocycles. The van der Waals surface area contributed by atoms with Gasteiger partial charge >= 0.3 is 0 Å². The van der Waals surface area contributed by atoms with Crippen LogP contribution in [0, 0.1) is 5.92 Å². The van der Waals surface area contributed by atoms with Gasteiger partial charge in [0.25, 0.3) is 0 Å². The molecule has 2 rings (SSSR count). The zero-order chi connectivity index (χ0) is 21.2. The van der Waals surface area contributed by atoms with Gasteiger partial charge in [-0.05, 0) is 52.7 Å². The lowest BCUT2D eigenvalue weighted by molar-refractivity contribution is -0.136. The highest BCUT2D eigenvalue weighted by Gasteiger charge is 2.27. The van der Waals surface area contributed by atoms with Crippen LogP contribution in [0.5, 0.6) is 5.75 Å². The SMILES string of the molecule is CC(C)N(CCNC(=O)C1CCN(C(=O)CCOc2ccccc2)CC1)C(C)C. The van der Waals surface area contributed by atoms with Crippen LogP contribution >= 0.6 is 0 Å². The van der Waals surface area contributed by atoms with Crippen molar-refractivity contribution in [2.24, 2.45) is 5.92 Å². The molecule has 2 amide bonds. The number of benzene rings is 1. The molecule has 0 aliphatic carbocycles. The van der Waals surface area contributed by atoms with Crippen molar-refractivity contribution < 1.29 is 14.3 Å². The number of hydrogen-bond acceptors (Lipinski definition) is 4. The Balaban J connectivity index is 1.64. The first-order valence-corrected chi connectivity index (χ1v) is 10.9. The summed E-state index contributed by atoms with van der Waals surface area (Å²) in [6.45, 7) is 11.9. The van der Waals surface area contributed by atoms with E-state index in [1.807, 2.05) is 35.2 Å². The van der Waals surface area contributed by atoms with Gasteiger partial charge in [-0.2, -0.15) is 0 Å². The summed E-state index contributed by atoms with van der Waals surface area (Å²) in [5.41, 5.74) is 0. The highest BCUT2D eigenvalue weighted by Crippen LogP contribution is 2.18. The number of rotatable bonds is 10. The highest BCUT2D eigenvalue weighted by atomic mass is 16.5. The molecule has 1 aliphatic rings. The molecule has 1 aromatic rings. The third kappa shape index (κ3) is 7.69. The van der Waals surface area contributed by atoms with Crippen LogP contribution in [-0.2, 0) is 9.59 Å². The van der Waals surface area contributed by atoms with Crippen LogP contribution < -0.4 is 10.1 Å². The topological polar surface area (TPSA) is 61.9 Å². The number of carbonyl (C=O) groups excluding carboxylic acids is 2. The number of carbonyl (C=O) groups is 2. The molecule has 1 N–H and O–H groups in total. The van der Waals surface area contributed by atoms with Crippen LogP contribution in [0.1, 0.15) is 47.0 Å². The molecule has 29 heavy (non-hydrogen) atoms. The van der Waals surface area contributed by atoms with E-state index in [1.54, 1.807) is 0 Å². The maximum Gasteiger partial charge on any atom is 0.225 e. The van der Waals surface area contributed by atoms with E-state index in [1.165, 1.54) is 0 Å². The molecule has 0 radical (unpaired) electrons. The van der Waals surface area contributed by atoms with Gasteiger partial charge in [0, 0.05) is 44.2 Å². The number of para-hydroxylation sites is 1. The van der Waals surface area contributed by atoms with Crippen LogP contribution in [0.2, 0.25) is 0 Å². The number of nitrogens with zero attached hydrogens (tertiary/aromatic N) is 2. The minimum absolute atomic E-state index is 0.00571. The number of hydrogen-bond donors (Lipinski definition) is 1. The summed E-state index contributed by atoms with van der Waals surface area (Å²) >= 11 is 0. The maximum absolute atomic E-state index is 12.5. The van der Waals surface area contributed by atoms with E-state index < -0.39 is 0 Å². The summed E-state index contributed by atoms with van der Waals surface area (Å²) in [7, 11) is 0. The number of likely N-dealkylation sites (tertiary alicyclic amines) is 1. The molecule has 0 unspecified atom stereocenters. The smallest absolute Gasteiger partial charge is 0.225 e. The van der Waals surface area contributed by atoms with E-state index in [0.717, 1.165) is 25.1 Å². The number of piperidine rings is 1. The van der Waals surface area contributed by atoms with Crippen molar-refractivity contribution in [3.05, 3.63) is 30.3 Å². The molecular weight excluding hydrogens is 366 g/mol. The van der Waals surface area contributed by atoms with Crippen LogP contribution in [0.25, 0.3) is 0 Å². The van der Waals surface area contributed by atoms with Crippen LogP contribution in [-0.4, -0.2) is 66.5 Å². The molecule has 6 nitrogen and oxygen atoms in total. The van der Waals surface area contributed by atoms with Gasteiger partial charge in [0.1, 0.15) is 5.75 Å². The number of nitrogens with one attached hydrogen (secondary N) is 1. The molecule has 0 aromatic heterocycles. The molecular formula is C23H37N3O3. The lowest BCUT2D eigenvalue weighted by Gasteiger charge is -2.32. The maximum atomic E-state index is 12.5. The van der Waals surface area contributed by atoms with Gasteiger partial charge in [-0.25, -0.2) is 0 Å². The lowest BCUT2D eigenvalue weighted by Crippen LogP contribution is -2.46. The summed E-state index contributed by atoms with van der Waals surface area (Å²) in [5.74, 6) is 1.01. The van der Waals surface area contributed by atoms with E-state index in [-0.39, 0.29) is 17.7 Å². The monoisotopic (exact) mass is 403 g/mol. The fourth-order valence-corrected chi connectivity index (χ4v) is 3.89. The van der Waals surface area contributed by atoms with E-state index in [2.05, 4.69) is 37.9 Å². The van der Waals surface area contributed by atoms with Gasteiger partial charge in [0.2, 0.25) is 11.8 Å². The van der Waals surface area contributed by atoms with Gasteiger partial charge in [-0.15, -0.1) is 0 Å². The largest absolute Gasteiger partial charge is 0.493 e. The van der Waals surface area contributed by atoms with Crippen molar-refractivity contribution in [3.63, 3.8) is 0 Å².